The van der Waals surface area contributed by atoms with Gasteiger partial charge in [0, 0.05) is 38.8 Å². The van der Waals surface area contributed by atoms with Crippen molar-refractivity contribution in [1.29, 1.82) is 0 Å². The van der Waals surface area contributed by atoms with Crippen molar-refractivity contribution in [2.45, 2.75) is 13.0 Å². The van der Waals surface area contributed by atoms with Crippen molar-refractivity contribution < 1.29 is 14.3 Å². The van der Waals surface area contributed by atoms with Crippen LogP contribution in [0.15, 0.2) is 30.5 Å². The highest BCUT2D eigenvalue weighted by Crippen LogP contribution is 2.37. The van der Waals surface area contributed by atoms with Crippen molar-refractivity contribution in [1.82, 2.24) is 10.3 Å². The van der Waals surface area contributed by atoms with Crippen LogP contribution in [0.2, 0.25) is 5.02 Å². The monoisotopic (exact) mass is 361 g/mol. The molecule has 3 rings (SSSR count). The fourth-order valence-corrected chi connectivity index (χ4v) is 2.70. The Bertz CT molecular complexity index is 763. The standard InChI is InChI=1S/C18H20ClN3O3/c1-22(2)16-5-4-12(10-20-16)11-21-18(23)13-8-14(19)17-15(9-13)24-6-3-7-25-17/h4-5,8-10H,3,6-7,11H2,1-2H3,(H,21,23). The van der Waals surface area contributed by atoms with Gasteiger partial charge in [-0.05, 0) is 23.8 Å². The number of nitrogens with one attached hydrogen (secondary N) is 1. The highest BCUT2D eigenvalue weighted by Gasteiger charge is 2.18. The van der Waals surface area contributed by atoms with Gasteiger partial charge in [0.2, 0.25) is 0 Å². The largest absolute Gasteiger partial charge is 0.489 e. The Balaban J connectivity index is 1.69. The molecule has 0 aliphatic carbocycles. The van der Waals surface area contributed by atoms with Crippen LogP contribution in [0, 0.1) is 0 Å². The average Bonchev–Trinajstić information content (AvgIpc) is 2.85. The molecular formula is C18H20ClN3O3. The van der Waals surface area contributed by atoms with Gasteiger partial charge in [0.1, 0.15) is 5.82 Å². The van der Waals surface area contributed by atoms with Crippen molar-refractivity contribution in [2.75, 3.05) is 32.2 Å². The Kier molecular flexibility index (Phi) is 5.28. The highest BCUT2D eigenvalue weighted by molar-refractivity contribution is 6.32. The molecule has 2 heterocycles. The van der Waals surface area contributed by atoms with Crippen LogP contribution < -0.4 is 19.7 Å². The minimum Gasteiger partial charge on any atom is -0.489 e. The topological polar surface area (TPSA) is 63.7 Å². The molecular weight excluding hydrogens is 342 g/mol. The molecule has 0 saturated heterocycles. The predicted molar refractivity (Wildman–Crippen MR) is 96.8 cm³/mol. The summed E-state index contributed by atoms with van der Waals surface area (Å²) >= 11 is 6.23. The SMILES string of the molecule is CN(C)c1ccc(CNC(=O)c2cc(Cl)c3c(c2)OCCCO3)cn1. The van der Waals surface area contributed by atoms with Crippen molar-refractivity contribution in [3.05, 3.63) is 46.6 Å². The minimum absolute atomic E-state index is 0.228. The average molecular weight is 362 g/mol. The third-order valence-electron chi connectivity index (χ3n) is 3.78. The Morgan fingerprint density at radius 1 is 1.28 bits per heavy atom. The van der Waals surface area contributed by atoms with Gasteiger partial charge in [0.25, 0.3) is 5.91 Å². The zero-order valence-corrected chi connectivity index (χ0v) is 15.0. The second kappa shape index (κ2) is 7.61. The molecule has 0 radical (unpaired) electrons. The van der Waals surface area contributed by atoms with Crippen LogP contribution in [0.4, 0.5) is 5.82 Å². The second-order valence-corrected chi connectivity index (χ2v) is 6.34. The zero-order chi connectivity index (χ0) is 17.8. The van der Waals surface area contributed by atoms with Gasteiger partial charge in [0.15, 0.2) is 11.5 Å². The van der Waals surface area contributed by atoms with Gasteiger partial charge >= 0.3 is 0 Å². The van der Waals surface area contributed by atoms with E-state index < -0.39 is 0 Å². The molecule has 7 heteroatoms. The molecule has 25 heavy (non-hydrogen) atoms. The van der Waals surface area contributed by atoms with E-state index in [0.29, 0.717) is 41.8 Å². The van der Waals surface area contributed by atoms with E-state index in [4.69, 9.17) is 21.1 Å². The summed E-state index contributed by atoms with van der Waals surface area (Å²) in [5.41, 5.74) is 1.35. The molecule has 1 aliphatic rings. The normalized spacial score (nSPS) is 13.1. The maximum atomic E-state index is 12.4. The van der Waals surface area contributed by atoms with Gasteiger partial charge in [-0.15, -0.1) is 0 Å². The van der Waals surface area contributed by atoms with E-state index in [1.165, 1.54) is 0 Å². The summed E-state index contributed by atoms with van der Waals surface area (Å²) in [4.78, 5) is 18.7. The van der Waals surface area contributed by atoms with E-state index in [0.717, 1.165) is 17.8 Å². The Labute approximate surface area is 151 Å². The fourth-order valence-electron chi connectivity index (χ4n) is 2.43. The summed E-state index contributed by atoms with van der Waals surface area (Å²) in [7, 11) is 3.86. The van der Waals surface area contributed by atoms with Crippen molar-refractivity contribution in [3.8, 4) is 11.5 Å². The van der Waals surface area contributed by atoms with E-state index in [1.807, 2.05) is 31.1 Å². The molecule has 1 aliphatic heterocycles. The molecule has 1 N–H and O–H groups in total. The fraction of sp³-hybridized carbons (Fsp3) is 0.333. The highest BCUT2D eigenvalue weighted by atomic mass is 35.5. The molecule has 2 aromatic rings. The molecule has 132 valence electrons. The molecule has 1 amide bonds. The smallest absolute Gasteiger partial charge is 0.251 e. The van der Waals surface area contributed by atoms with Gasteiger partial charge < -0.3 is 19.7 Å². The lowest BCUT2D eigenvalue weighted by Gasteiger charge is -2.13. The summed E-state index contributed by atoms with van der Waals surface area (Å²) in [6, 6.07) is 7.10. The summed E-state index contributed by atoms with van der Waals surface area (Å²) in [5.74, 6) is 1.64. The van der Waals surface area contributed by atoms with Crippen molar-refractivity contribution >= 4 is 23.3 Å². The molecule has 1 aromatic heterocycles. The number of rotatable bonds is 4. The molecule has 0 atom stereocenters. The molecule has 0 fully saturated rings. The zero-order valence-electron chi connectivity index (χ0n) is 14.2. The third kappa shape index (κ3) is 4.14. The summed E-state index contributed by atoms with van der Waals surface area (Å²) in [6.45, 7) is 1.47. The van der Waals surface area contributed by atoms with Gasteiger partial charge in [-0.25, -0.2) is 4.98 Å². The molecule has 0 bridgehead atoms. The van der Waals surface area contributed by atoms with Crippen molar-refractivity contribution in [2.24, 2.45) is 0 Å². The van der Waals surface area contributed by atoms with E-state index in [-0.39, 0.29) is 5.91 Å². The molecule has 0 spiro atoms. The second-order valence-electron chi connectivity index (χ2n) is 5.94. The van der Waals surface area contributed by atoms with Crippen LogP contribution in [0.5, 0.6) is 11.5 Å². The number of amides is 1. The van der Waals surface area contributed by atoms with Gasteiger partial charge in [0.05, 0.1) is 18.2 Å². The lowest BCUT2D eigenvalue weighted by Crippen LogP contribution is -2.23. The molecule has 1 aromatic carbocycles. The first-order chi connectivity index (χ1) is 12.0. The van der Waals surface area contributed by atoms with Gasteiger partial charge in [-0.1, -0.05) is 17.7 Å². The number of fused-ring (bicyclic) bond motifs is 1. The van der Waals surface area contributed by atoms with E-state index in [9.17, 15) is 4.79 Å². The lowest BCUT2D eigenvalue weighted by molar-refractivity contribution is 0.0950. The lowest BCUT2D eigenvalue weighted by atomic mass is 10.1. The minimum atomic E-state index is -0.228. The number of carbonyl (C=O) groups excluding carboxylic acids is 1. The first kappa shape index (κ1) is 17.4. The van der Waals surface area contributed by atoms with Crippen molar-refractivity contribution in [3.63, 3.8) is 0 Å². The van der Waals surface area contributed by atoms with Gasteiger partial charge in [-0.2, -0.15) is 0 Å². The van der Waals surface area contributed by atoms with Crippen LogP contribution in [0.3, 0.4) is 0 Å². The molecule has 0 saturated carbocycles. The number of carbonyl (C=O) groups is 1. The summed E-state index contributed by atoms with van der Waals surface area (Å²) in [6.07, 6.45) is 2.53. The quantitative estimate of drug-likeness (QED) is 0.907. The number of hydrogen-bond donors (Lipinski definition) is 1. The number of halogens is 1. The van der Waals surface area contributed by atoms with Gasteiger partial charge in [-0.3, -0.25) is 4.79 Å². The number of benzene rings is 1. The van der Waals surface area contributed by atoms with Crippen LogP contribution in [0.1, 0.15) is 22.3 Å². The maximum absolute atomic E-state index is 12.4. The van der Waals surface area contributed by atoms with E-state index in [1.54, 1.807) is 18.3 Å². The first-order valence-corrected chi connectivity index (χ1v) is 8.42. The van der Waals surface area contributed by atoms with Crippen LogP contribution in [-0.4, -0.2) is 38.2 Å². The number of nitrogens with zero attached hydrogens (tertiary/aromatic N) is 2. The number of hydrogen-bond acceptors (Lipinski definition) is 5. The van der Waals surface area contributed by atoms with E-state index >= 15 is 0 Å². The first-order valence-electron chi connectivity index (χ1n) is 8.04. The summed E-state index contributed by atoms with van der Waals surface area (Å²) in [5, 5.41) is 3.24. The molecule has 0 unspecified atom stereocenters. The van der Waals surface area contributed by atoms with E-state index in [2.05, 4.69) is 10.3 Å². The van der Waals surface area contributed by atoms with Crippen LogP contribution >= 0.6 is 11.6 Å². The number of anilines is 1. The Morgan fingerprint density at radius 2 is 2.08 bits per heavy atom. The number of ether oxygens (including phenoxy) is 2. The Morgan fingerprint density at radius 3 is 2.80 bits per heavy atom. The third-order valence-corrected chi connectivity index (χ3v) is 4.07. The summed E-state index contributed by atoms with van der Waals surface area (Å²) < 4.78 is 11.2. The van der Waals surface area contributed by atoms with Crippen LogP contribution in [-0.2, 0) is 6.54 Å². The Hall–Kier alpha value is -2.47. The number of pyridine rings is 1. The van der Waals surface area contributed by atoms with Crippen LogP contribution in [0.25, 0.3) is 0 Å². The predicted octanol–water partition coefficient (Wildman–Crippen LogP) is 2.89. The molecule has 6 nitrogen and oxygen atoms in total. The maximum Gasteiger partial charge on any atom is 0.251 e. The number of aromatic nitrogens is 1.